The van der Waals surface area contributed by atoms with Gasteiger partial charge < -0.3 is 20.9 Å². The van der Waals surface area contributed by atoms with Gasteiger partial charge in [0.05, 0.1) is 10.7 Å². The van der Waals surface area contributed by atoms with Crippen LogP contribution >= 0.6 is 11.6 Å². The van der Waals surface area contributed by atoms with Crippen molar-refractivity contribution in [2.24, 2.45) is 4.99 Å². The van der Waals surface area contributed by atoms with E-state index >= 15 is 0 Å². The van der Waals surface area contributed by atoms with Gasteiger partial charge in [0.1, 0.15) is 0 Å². The maximum atomic E-state index is 11.6. The van der Waals surface area contributed by atoms with Crippen molar-refractivity contribution in [1.82, 2.24) is 20.9 Å². The zero-order valence-electron chi connectivity index (χ0n) is 19.3. The van der Waals surface area contributed by atoms with Gasteiger partial charge in [-0.1, -0.05) is 43.3 Å². The molecule has 4 N–H and O–H groups in total. The molecular formula is C25H33ClN6O. The number of halogens is 1. The summed E-state index contributed by atoms with van der Waals surface area (Å²) in [6, 6.07) is 7.65. The summed E-state index contributed by atoms with van der Waals surface area (Å²) in [7, 11) is 1.98. The molecule has 0 saturated carbocycles. The molecule has 2 atom stereocenters. The van der Waals surface area contributed by atoms with Crippen LogP contribution in [-0.2, 0) is 4.79 Å². The monoisotopic (exact) mass is 468 g/mol. The average Bonchev–Trinajstić information content (AvgIpc) is 2.83. The molecule has 176 valence electrons. The fraction of sp³-hybridized carbons (Fsp3) is 0.360. The molecule has 7 nitrogen and oxygen atoms in total. The van der Waals surface area contributed by atoms with Crippen LogP contribution in [0.3, 0.4) is 0 Å². The van der Waals surface area contributed by atoms with Gasteiger partial charge in [-0.05, 0) is 50.3 Å². The van der Waals surface area contributed by atoms with Gasteiger partial charge in [0.2, 0.25) is 5.91 Å². The third-order valence-corrected chi connectivity index (χ3v) is 5.66. The fourth-order valence-electron chi connectivity index (χ4n) is 3.78. The van der Waals surface area contributed by atoms with Gasteiger partial charge in [0.15, 0.2) is 6.29 Å². The Kier molecular flexibility index (Phi) is 9.30. The lowest BCUT2D eigenvalue weighted by Gasteiger charge is -2.31. The molecule has 2 aliphatic rings. The molecule has 8 heteroatoms. The Morgan fingerprint density at radius 3 is 3.00 bits per heavy atom. The Hall–Kier alpha value is -2.87. The van der Waals surface area contributed by atoms with Crippen molar-refractivity contribution < 1.29 is 4.79 Å². The molecule has 1 amide bonds. The Morgan fingerprint density at radius 2 is 2.24 bits per heavy atom. The number of likely N-dealkylation sites (N-methyl/N-ethyl adjacent to an activating group) is 1. The molecule has 1 aliphatic heterocycles. The van der Waals surface area contributed by atoms with Gasteiger partial charge in [-0.3, -0.25) is 15.1 Å². The van der Waals surface area contributed by atoms with Crippen LogP contribution in [-0.4, -0.2) is 56.0 Å². The van der Waals surface area contributed by atoms with E-state index in [2.05, 4.69) is 62.9 Å². The van der Waals surface area contributed by atoms with Crippen molar-refractivity contribution in [3.05, 3.63) is 71.4 Å². The fourth-order valence-corrected chi connectivity index (χ4v) is 4.00. The lowest BCUT2D eigenvalue weighted by molar-refractivity contribution is -0.111. The summed E-state index contributed by atoms with van der Waals surface area (Å²) in [5.74, 6) is -0.260. The highest BCUT2D eigenvalue weighted by Gasteiger charge is 2.21. The molecule has 1 aromatic rings. The van der Waals surface area contributed by atoms with Gasteiger partial charge in [-0.25, -0.2) is 0 Å². The summed E-state index contributed by atoms with van der Waals surface area (Å²) in [4.78, 5) is 18.6. The number of carbonyl (C=O) groups excluding carboxylic acids is 1. The molecule has 0 aromatic heterocycles. The second-order valence-corrected chi connectivity index (χ2v) is 8.32. The topological polar surface area (TPSA) is 80.8 Å². The highest BCUT2D eigenvalue weighted by Crippen LogP contribution is 2.24. The number of nitrogens with zero attached hydrogens (tertiary/aromatic N) is 2. The number of carbonyl (C=O) groups is 1. The van der Waals surface area contributed by atoms with Crippen molar-refractivity contribution in [3.8, 4) is 0 Å². The van der Waals surface area contributed by atoms with Gasteiger partial charge in [0.25, 0.3) is 0 Å². The number of nitrogens with one attached hydrogen (secondary N) is 4. The maximum absolute atomic E-state index is 11.6. The van der Waals surface area contributed by atoms with Crippen LogP contribution in [0.2, 0.25) is 0 Å². The smallest absolute Gasteiger partial charge is 0.247 e. The van der Waals surface area contributed by atoms with Crippen LogP contribution in [0.25, 0.3) is 5.70 Å². The van der Waals surface area contributed by atoms with E-state index in [0.29, 0.717) is 10.7 Å². The highest BCUT2D eigenvalue weighted by molar-refractivity contribution is 6.42. The van der Waals surface area contributed by atoms with Crippen molar-refractivity contribution in [1.29, 1.82) is 0 Å². The number of anilines is 1. The summed E-state index contributed by atoms with van der Waals surface area (Å²) in [6.45, 7) is 8.62. The minimum Gasteiger partial charge on any atom is -0.370 e. The summed E-state index contributed by atoms with van der Waals surface area (Å²) >= 11 is 6.46. The average molecular weight is 469 g/mol. The number of rotatable bonds is 11. The van der Waals surface area contributed by atoms with E-state index in [9.17, 15) is 4.79 Å². The predicted molar refractivity (Wildman–Crippen MR) is 138 cm³/mol. The zero-order valence-corrected chi connectivity index (χ0v) is 20.0. The van der Waals surface area contributed by atoms with E-state index in [1.54, 1.807) is 6.21 Å². The van der Waals surface area contributed by atoms with Crippen LogP contribution in [0.4, 0.5) is 5.69 Å². The molecule has 33 heavy (non-hydrogen) atoms. The Labute approximate surface area is 201 Å². The van der Waals surface area contributed by atoms with E-state index < -0.39 is 0 Å². The highest BCUT2D eigenvalue weighted by atomic mass is 35.5. The van der Waals surface area contributed by atoms with Gasteiger partial charge in [-0.2, -0.15) is 0 Å². The maximum Gasteiger partial charge on any atom is 0.247 e. The lowest BCUT2D eigenvalue weighted by atomic mass is 10.1. The number of hydrogen-bond acceptors (Lipinski definition) is 6. The Morgan fingerprint density at radius 1 is 1.39 bits per heavy atom. The van der Waals surface area contributed by atoms with Crippen molar-refractivity contribution in [2.75, 3.05) is 32.0 Å². The first-order valence-corrected chi connectivity index (χ1v) is 11.7. The Balaban J connectivity index is 1.69. The van der Waals surface area contributed by atoms with Gasteiger partial charge in [-0.15, -0.1) is 0 Å². The SMILES string of the molecule is C=CC(=O)Nc1cccc(C2=C(Cl)C=NC(NC3C=C(N(CCC)CCNC)C=CC3)N2)c1. The molecule has 2 unspecified atom stereocenters. The molecule has 0 spiro atoms. The first-order valence-electron chi connectivity index (χ1n) is 11.3. The molecule has 0 saturated heterocycles. The van der Waals surface area contributed by atoms with Crippen LogP contribution in [0.1, 0.15) is 25.3 Å². The van der Waals surface area contributed by atoms with Crippen LogP contribution in [0, 0.1) is 0 Å². The molecule has 1 aliphatic carbocycles. The molecule has 1 aromatic carbocycles. The molecule has 1 heterocycles. The minimum atomic E-state index is -0.320. The van der Waals surface area contributed by atoms with Crippen LogP contribution in [0.5, 0.6) is 0 Å². The Bertz CT molecular complexity index is 967. The molecular weight excluding hydrogens is 436 g/mol. The van der Waals surface area contributed by atoms with Gasteiger partial charge in [0, 0.05) is 48.8 Å². The van der Waals surface area contributed by atoms with E-state index in [1.807, 2.05) is 31.3 Å². The quantitative estimate of drug-likeness (QED) is 0.374. The van der Waals surface area contributed by atoms with Crippen molar-refractivity contribution in [2.45, 2.75) is 32.1 Å². The third-order valence-electron chi connectivity index (χ3n) is 5.37. The van der Waals surface area contributed by atoms with Crippen LogP contribution in [0.15, 0.2) is 70.9 Å². The summed E-state index contributed by atoms with van der Waals surface area (Å²) < 4.78 is 0. The first-order chi connectivity index (χ1) is 16.0. The zero-order chi connectivity index (χ0) is 23.6. The number of benzene rings is 1. The number of amides is 1. The molecule has 3 rings (SSSR count). The molecule has 0 radical (unpaired) electrons. The second-order valence-electron chi connectivity index (χ2n) is 7.92. The van der Waals surface area contributed by atoms with Crippen molar-refractivity contribution in [3.63, 3.8) is 0 Å². The summed E-state index contributed by atoms with van der Waals surface area (Å²) in [6.07, 6.45) is 11.3. The summed E-state index contributed by atoms with van der Waals surface area (Å²) in [5, 5.41) is 13.5. The first kappa shape index (κ1) is 24.8. The van der Waals surface area contributed by atoms with Crippen LogP contribution < -0.4 is 21.3 Å². The largest absolute Gasteiger partial charge is 0.370 e. The van der Waals surface area contributed by atoms with Crippen molar-refractivity contribution >= 4 is 35.1 Å². The molecule has 0 bridgehead atoms. The van der Waals surface area contributed by atoms with E-state index in [-0.39, 0.29) is 18.2 Å². The molecule has 0 fully saturated rings. The number of aliphatic imine (C=N–C) groups is 1. The third kappa shape index (κ3) is 7.05. The number of allylic oxidation sites excluding steroid dienone is 2. The predicted octanol–water partition coefficient (Wildman–Crippen LogP) is 3.41. The van der Waals surface area contributed by atoms with Gasteiger partial charge >= 0.3 is 0 Å². The standard InChI is InChI=1S/C25H33ClN6O/c1-4-13-32(14-12-27-3)21-11-7-10-20(16-21)30-25-28-17-22(26)24(31-25)18-8-6-9-19(15-18)29-23(33)5-2/h5-9,11,15-17,20,25,27,30-31H,2,4,10,12-14H2,1,3H3,(H,29,33). The van der Waals surface area contributed by atoms with E-state index in [0.717, 1.165) is 43.7 Å². The number of hydrogen-bond donors (Lipinski definition) is 4. The minimum absolute atomic E-state index is 0.143. The second kappa shape index (κ2) is 12.4. The van der Waals surface area contributed by atoms with E-state index in [4.69, 9.17) is 11.6 Å². The summed E-state index contributed by atoms with van der Waals surface area (Å²) in [5.41, 5.74) is 3.53. The normalized spacial score (nSPS) is 19.7. The lowest BCUT2D eigenvalue weighted by Crippen LogP contribution is -2.47. The van der Waals surface area contributed by atoms with E-state index in [1.165, 1.54) is 11.8 Å².